The number of anilines is 5. The van der Waals surface area contributed by atoms with Crippen LogP contribution in [-0.2, 0) is 5.41 Å². The summed E-state index contributed by atoms with van der Waals surface area (Å²) in [5.41, 5.74) is 15.4. The van der Waals surface area contributed by atoms with E-state index in [1.165, 1.54) is 33.0 Å². The van der Waals surface area contributed by atoms with Gasteiger partial charge < -0.3 is 9.80 Å². The van der Waals surface area contributed by atoms with Gasteiger partial charge in [0.1, 0.15) is 0 Å². The van der Waals surface area contributed by atoms with Crippen LogP contribution in [0.25, 0.3) is 38.6 Å². The number of hydrogen-bond donors (Lipinski definition) is 0. The summed E-state index contributed by atoms with van der Waals surface area (Å²) >= 11 is 0. The van der Waals surface area contributed by atoms with E-state index in [1.807, 2.05) is 0 Å². The highest BCUT2D eigenvalue weighted by Crippen LogP contribution is 2.51. The normalized spacial score (nSPS) is 15.5. The van der Waals surface area contributed by atoms with Crippen LogP contribution in [-0.4, -0.2) is 6.54 Å². The van der Waals surface area contributed by atoms with E-state index in [4.69, 9.17) is 0 Å². The molecular formula is C50H40N2. The summed E-state index contributed by atoms with van der Waals surface area (Å²) in [6.07, 6.45) is 8.50. The lowest BCUT2D eigenvalue weighted by molar-refractivity contribution is 0.660. The molecule has 7 aromatic carbocycles. The van der Waals surface area contributed by atoms with E-state index in [1.54, 1.807) is 0 Å². The van der Waals surface area contributed by atoms with Gasteiger partial charge in [-0.15, -0.1) is 0 Å². The summed E-state index contributed by atoms with van der Waals surface area (Å²) in [6.45, 7) is 9.91. The quantitative estimate of drug-likeness (QED) is 0.180. The van der Waals surface area contributed by atoms with Crippen molar-refractivity contribution in [2.75, 3.05) is 16.3 Å². The SMILES string of the molecule is C=C1/C=C\C=C/CN(c2ccccc2)c2cc(-c3cccc(N(c4ccc5c(c4)C(C)(C)c4ccccc4-5)c4cccc5ccccc45)c3)ccc21. The first-order chi connectivity index (χ1) is 25.5. The fraction of sp³-hybridized carbons (Fsp3) is 0.0800. The lowest BCUT2D eigenvalue weighted by Gasteiger charge is -2.29. The number of allylic oxidation sites excluding steroid dienone is 4. The van der Waals surface area contributed by atoms with Gasteiger partial charge in [-0.05, 0) is 92.9 Å². The van der Waals surface area contributed by atoms with Gasteiger partial charge in [0.25, 0.3) is 0 Å². The van der Waals surface area contributed by atoms with E-state index in [0.717, 1.165) is 57.2 Å². The van der Waals surface area contributed by atoms with Crippen molar-refractivity contribution >= 4 is 44.8 Å². The second-order valence-electron chi connectivity index (χ2n) is 14.3. The topological polar surface area (TPSA) is 6.48 Å². The van der Waals surface area contributed by atoms with E-state index in [-0.39, 0.29) is 5.41 Å². The van der Waals surface area contributed by atoms with E-state index in [0.29, 0.717) is 0 Å². The molecular weight excluding hydrogens is 629 g/mol. The smallest absolute Gasteiger partial charge is 0.0540 e. The second kappa shape index (κ2) is 12.7. The molecule has 2 nitrogen and oxygen atoms in total. The number of rotatable bonds is 5. The zero-order chi connectivity index (χ0) is 35.2. The largest absolute Gasteiger partial charge is 0.337 e. The van der Waals surface area contributed by atoms with Crippen LogP contribution in [0.15, 0.2) is 189 Å². The first-order valence-electron chi connectivity index (χ1n) is 18.1. The third kappa shape index (κ3) is 5.36. The number of fused-ring (bicyclic) bond motifs is 5. The lowest BCUT2D eigenvalue weighted by atomic mass is 9.82. The van der Waals surface area contributed by atoms with Gasteiger partial charge in [0.05, 0.1) is 5.69 Å². The van der Waals surface area contributed by atoms with Crippen molar-refractivity contribution in [3.8, 4) is 22.3 Å². The maximum Gasteiger partial charge on any atom is 0.0540 e. The highest BCUT2D eigenvalue weighted by molar-refractivity contribution is 6.00. The molecule has 250 valence electrons. The van der Waals surface area contributed by atoms with Crippen molar-refractivity contribution in [1.82, 2.24) is 0 Å². The van der Waals surface area contributed by atoms with Crippen LogP contribution in [0.3, 0.4) is 0 Å². The zero-order valence-corrected chi connectivity index (χ0v) is 29.6. The minimum atomic E-state index is -0.104. The Morgan fingerprint density at radius 1 is 0.577 bits per heavy atom. The van der Waals surface area contributed by atoms with Crippen molar-refractivity contribution in [3.63, 3.8) is 0 Å². The van der Waals surface area contributed by atoms with E-state index in [2.05, 4.69) is 212 Å². The molecule has 2 heteroatoms. The monoisotopic (exact) mass is 668 g/mol. The van der Waals surface area contributed by atoms with E-state index >= 15 is 0 Å². The minimum absolute atomic E-state index is 0.104. The van der Waals surface area contributed by atoms with Crippen LogP contribution in [0.1, 0.15) is 30.5 Å². The molecule has 1 heterocycles. The Bertz CT molecular complexity index is 2550. The highest BCUT2D eigenvalue weighted by Gasteiger charge is 2.35. The molecule has 0 radical (unpaired) electrons. The van der Waals surface area contributed by atoms with Gasteiger partial charge in [-0.3, -0.25) is 0 Å². The molecule has 0 aromatic heterocycles. The van der Waals surface area contributed by atoms with Crippen molar-refractivity contribution in [2.45, 2.75) is 19.3 Å². The number of hydrogen-bond acceptors (Lipinski definition) is 2. The maximum atomic E-state index is 4.45. The third-order valence-electron chi connectivity index (χ3n) is 10.8. The molecule has 0 amide bonds. The molecule has 0 saturated heterocycles. The Morgan fingerprint density at radius 3 is 2.19 bits per heavy atom. The lowest BCUT2D eigenvalue weighted by Crippen LogP contribution is -2.18. The average molecular weight is 669 g/mol. The van der Waals surface area contributed by atoms with Crippen LogP contribution in [0, 0.1) is 0 Å². The second-order valence-corrected chi connectivity index (χ2v) is 14.3. The number of para-hydroxylation sites is 1. The van der Waals surface area contributed by atoms with Crippen molar-refractivity contribution < 1.29 is 0 Å². The highest BCUT2D eigenvalue weighted by atomic mass is 15.1. The van der Waals surface area contributed by atoms with Gasteiger partial charge in [0.2, 0.25) is 0 Å². The molecule has 7 aromatic rings. The van der Waals surface area contributed by atoms with Gasteiger partial charge in [0, 0.05) is 45.7 Å². The van der Waals surface area contributed by atoms with E-state index in [9.17, 15) is 0 Å². The third-order valence-corrected chi connectivity index (χ3v) is 10.8. The molecule has 0 fully saturated rings. The fourth-order valence-electron chi connectivity index (χ4n) is 8.15. The summed E-state index contributed by atoms with van der Waals surface area (Å²) in [5.74, 6) is 0. The van der Waals surface area contributed by atoms with Crippen molar-refractivity contribution in [3.05, 3.63) is 205 Å². The molecule has 52 heavy (non-hydrogen) atoms. The summed E-state index contributed by atoms with van der Waals surface area (Å²) in [6, 6.07) is 57.7. The summed E-state index contributed by atoms with van der Waals surface area (Å²) in [7, 11) is 0. The average Bonchev–Trinajstić information content (AvgIpc) is 3.46. The number of benzene rings is 7. The molecule has 1 aliphatic heterocycles. The molecule has 1 aliphatic carbocycles. The minimum Gasteiger partial charge on any atom is -0.337 e. The first-order valence-corrected chi connectivity index (χ1v) is 18.1. The predicted molar refractivity (Wildman–Crippen MR) is 222 cm³/mol. The molecule has 0 bridgehead atoms. The van der Waals surface area contributed by atoms with Crippen molar-refractivity contribution in [1.29, 1.82) is 0 Å². The molecule has 0 spiro atoms. The van der Waals surface area contributed by atoms with Crippen molar-refractivity contribution in [2.24, 2.45) is 0 Å². The fourth-order valence-corrected chi connectivity index (χ4v) is 8.15. The van der Waals surface area contributed by atoms with Crippen LogP contribution in [0.5, 0.6) is 0 Å². The van der Waals surface area contributed by atoms with Crippen LogP contribution in [0.2, 0.25) is 0 Å². The van der Waals surface area contributed by atoms with Gasteiger partial charge in [-0.25, -0.2) is 0 Å². The summed E-state index contributed by atoms with van der Waals surface area (Å²) in [4.78, 5) is 4.82. The Labute approximate surface area is 306 Å². The Balaban J connectivity index is 1.21. The summed E-state index contributed by atoms with van der Waals surface area (Å²) in [5, 5.41) is 2.44. The van der Waals surface area contributed by atoms with Gasteiger partial charge in [-0.1, -0.05) is 154 Å². The van der Waals surface area contributed by atoms with E-state index < -0.39 is 0 Å². The molecule has 9 rings (SSSR count). The standard InChI is InChI=1S/C50H40N2/c1-35-16-6-5-13-31-51(39-20-7-4-8-21-39)49-33-38(27-29-42(35)49)37-19-14-22-40(32-37)52(48-26-15-18-36-17-9-10-23-43(36)48)41-28-30-45-44-24-11-12-25-46(44)50(2,3)47(45)34-41/h4-30,32-34H,1,31H2,2-3H3/b13-5-,16-6-. The molecule has 0 N–H and O–H groups in total. The molecule has 0 atom stereocenters. The Hall–Kier alpha value is -6.38. The van der Waals surface area contributed by atoms with Gasteiger partial charge in [-0.2, -0.15) is 0 Å². The molecule has 2 aliphatic rings. The molecule has 0 saturated carbocycles. The van der Waals surface area contributed by atoms with Crippen LogP contribution >= 0.6 is 0 Å². The molecule has 0 unspecified atom stereocenters. The predicted octanol–water partition coefficient (Wildman–Crippen LogP) is 13.6. The van der Waals surface area contributed by atoms with Gasteiger partial charge in [0.15, 0.2) is 0 Å². The first kappa shape index (κ1) is 31.6. The maximum absolute atomic E-state index is 4.45. The van der Waals surface area contributed by atoms with Crippen LogP contribution < -0.4 is 9.80 Å². The zero-order valence-electron chi connectivity index (χ0n) is 29.6. The Kier molecular flexibility index (Phi) is 7.74. The Morgan fingerprint density at radius 2 is 1.29 bits per heavy atom. The van der Waals surface area contributed by atoms with Crippen LogP contribution in [0.4, 0.5) is 28.4 Å². The number of nitrogens with zero attached hydrogens (tertiary/aromatic N) is 2. The summed E-state index contributed by atoms with van der Waals surface area (Å²) < 4.78 is 0. The van der Waals surface area contributed by atoms with Gasteiger partial charge >= 0.3 is 0 Å².